The summed E-state index contributed by atoms with van der Waals surface area (Å²) in [7, 11) is 0. The first-order valence-electron chi connectivity index (χ1n) is 7.14. The average molecular weight is 275 g/mol. The molecule has 0 spiro atoms. The van der Waals surface area contributed by atoms with E-state index in [0.717, 1.165) is 6.42 Å². The molecular formula is C14H27ClN2O. The molecule has 4 heteroatoms. The SMILES string of the molecule is CC(C)CC(CN)NC(=O)C1C2CCCCC21.Cl. The van der Waals surface area contributed by atoms with E-state index in [2.05, 4.69) is 19.2 Å². The van der Waals surface area contributed by atoms with Crippen molar-refractivity contribution in [1.29, 1.82) is 0 Å². The molecule has 2 fully saturated rings. The molecule has 0 aliphatic heterocycles. The minimum absolute atomic E-state index is 0. The largest absolute Gasteiger partial charge is 0.352 e. The third kappa shape index (κ3) is 3.61. The van der Waals surface area contributed by atoms with Crippen LogP contribution >= 0.6 is 12.4 Å². The fraction of sp³-hybridized carbons (Fsp3) is 0.929. The molecule has 0 saturated heterocycles. The van der Waals surface area contributed by atoms with Crippen LogP contribution in [0.15, 0.2) is 0 Å². The van der Waals surface area contributed by atoms with Crippen LogP contribution in [0.2, 0.25) is 0 Å². The third-order valence-corrected chi connectivity index (χ3v) is 4.35. The molecular weight excluding hydrogens is 248 g/mol. The van der Waals surface area contributed by atoms with E-state index in [0.29, 0.717) is 30.2 Å². The molecule has 0 aromatic carbocycles. The van der Waals surface area contributed by atoms with Gasteiger partial charge in [-0.15, -0.1) is 12.4 Å². The number of rotatable bonds is 5. The van der Waals surface area contributed by atoms with Gasteiger partial charge in [0.25, 0.3) is 0 Å². The highest BCUT2D eigenvalue weighted by Crippen LogP contribution is 2.55. The van der Waals surface area contributed by atoms with Crippen LogP contribution in [0.5, 0.6) is 0 Å². The Morgan fingerprint density at radius 1 is 1.28 bits per heavy atom. The van der Waals surface area contributed by atoms with Gasteiger partial charge in [-0.25, -0.2) is 0 Å². The van der Waals surface area contributed by atoms with Crippen LogP contribution in [-0.2, 0) is 4.79 Å². The van der Waals surface area contributed by atoms with Crippen molar-refractivity contribution in [1.82, 2.24) is 5.32 Å². The maximum absolute atomic E-state index is 12.2. The molecule has 2 aliphatic carbocycles. The minimum Gasteiger partial charge on any atom is -0.352 e. The van der Waals surface area contributed by atoms with Crippen LogP contribution in [0, 0.1) is 23.7 Å². The van der Waals surface area contributed by atoms with E-state index >= 15 is 0 Å². The van der Waals surface area contributed by atoms with Crippen molar-refractivity contribution in [2.45, 2.75) is 52.0 Å². The first-order valence-corrected chi connectivity index (χ1v) is 7.14. The lowest BCUT2D eigenvalue weighted by Gasteiger charge is -2.18. The molecule has 2 aliphatic rings. The van der Waals surface area contributed by atoms with Crippen molar-refractivity contribution in [2.75, 3.05) is 6.54 Å². The fourth-order valence-corrected chi connectivity index (χ4v) is 3.46. The number of fused-ring (bicyclic) bond motifs is 1. The molecule has 0 heterocycles. The zero-order valence-electron chi connectivity index (χ0n) is 11.5. The summed E-state index contributed by atoms with van der Waals surface area (Å²) < 4.78 is 0. The second-order valence-corrected chi connectivity index (χ2v) is 6.21. The van der Waals surface area contributed by atoms with E-state index in [-0.39, 0.29) is 24.4 Å². The lowest BCUT2D eigenvalue weighted by molar-refractivity contribution is -0.123. The van der Waals surface area contributed by atoms with Gasteiger partial charge in [-0.05, 0) is 37.0 Å². The zero-order valence-corrected chi connectivity index (χ0v) is 12.3. The molecule has 1 amide bonds. The van der Waals surface area contributed by atoms with E-state index in [1.54, 1.807) is 0 Å². The molecule has 2 rings (SSSR count). The highest BCUT2D eigenvalue weighted by atomic mass is 35.5. The van der Waals surface area contributed by atoms with Gasteiger partial charge in [-0.3, -0.25) is 4.79 Å². The summed E-state index contributed by atoms with van der Waals surface area (Å²) >= 11 is 0. The van der Waals surface area contributed by atoms with Crippen LogP contribution in [0.1, 0.15) is 46.0 Å². The van der Waals surface area contributed by atoms with Crippen LogP contribution in [0.4, 0.5) is 0 Å². The molecule has 3 unspecified atom stereocenters. The lowest BCUT2D eigenvalue weighted by atomic mass is 10.0. The average Bonchev–Trinajstić information content (AvgIpc) is 3.01. The summed E-state index contributed by atoms with van der Waals surface area (Å²) in [6, 6.07) is 0.171. The zero-order chi connectivity index (χ0) is 12.4. The van der Waals surface area contributed by atoms with Gasteiger partial charge in [0.2, 0.25) is 5.91 Å². The van der Waals surface area contributed by atoms with E-state index in [1.807, 2.05) is 0 Å². The van der Waals surface area contributed by atoms with Crippen molar-refractivity contribution in [3.8, 4) is 0 Å². The van der Waals surface area contributed by atoms with Crippen LogP contribution in [0.3, 0.4) is 0 Å². The molecule has 3 nitrogen and oxygen atoms in total. The smallest absolute Gasteiger partial charge is 0.223 e. The molecule has 0 aromatic heterocycles. The van der Waals surface area contributed by atoms with E-state index in [4.69, 9.17) is 5.73 Å². The van der Waals surface area contributed by atoms with Gasteiger partial charge in [0, 0.05) is 18.5 Å². The van der Waals surface area contributed by atoms with Gasteiger partial charge in [-0.2, -0.15) is 0 Å². The fourth-order valence-electron chi connectivity index (χ4n) is 3.46. The Labute approximate surface area is 117 Å². The maximum atomic E-state index is 12.2. The number of carbonyl (C=O) groups is 1. The van der Waals surface area contributed by atoms with Crippen LogP contribution in [-0.4, -0.2) is 18.5 Å². The van der Waals surface area contributed by atoms with Crippen LogP contribution < -0.4 is 11.1 Å². The Hall–Kier alpha value is -0.280. The highest BCUT2D eigenvalue weighted by Gasteiger charge is 2.54. The second-order valence-electron chi connectivity index (χ2n) is 6.21. The Morgan fingerprint density at radius 3 is 2.28 bits per heavy atom. The first-order chi connectivity index (χ1) is 8.13. The molecule has 106 valence electrons. The number of hydrogen-bond donors (Lipinski definition) is 2. The Kier molecular flexibility index (Phi) is 5.93. The van der Waals surface area contributed by atoms with Gasteiger partial charge < -0.3 is 11.1 Å². The summed E-state index contributed by atoms with van der Waals surface area (Å²) in [5.74, 6) is 2.57. The van der Waals surface area contributed by atoms with Crippen molar-refractivity contribution < 1.29 is 4.79 Å². The Bertz CT molecular complexity index is 271. The number of nitrogens with two attached hydrogens (primary N) is 1. The number of carbonyl (C=O) groups excluding carboxylic acids is 1. The third-order valence-electron chi connectivity index (χ3n) is 4.35. The van der Waals surface area contributed by atoms with Gasteiger partial charge in [0.1, 0.15) is 0 Å². The van der Waals surface area contributed by atoms with Gasteiger partial charge >= 0.3 is 0 Å². The predicted octanol–water partition coefficient (Wildman–Crippen LogP) is 2.33. The van der Waals surface area contributed by atoms with E-state index in [9.17, 15) is 4.79 Å². The molecule has 3 atom stereocenters. The quantitative estimate of drug-likeness (QED) is 0.808. The number of amides is 1. The monoisotopic (exact) mass is 274 g/mol. The van der Waals surface area contributed by atoms with E-state index < -0.39 is 0 Å². The molecule has 3 N–H and O–H groups in total. The highest BCUT2D eigenvalue weighted by molar-refractivity contribution is 5.85. The number of halogens is 1. The Morgan fingerprint density at radius 2 is 1.83 bits per heavy atom. The molecule has 0 bridgehead atoms. The maximum Gasteiger partial charge on any atom is 0.223 e. The van der Waals surface area contributed by atoms with Crippen molar-refractivity contribution >= 4 is 18.3 Å². The summed E-state index contributed by atoms with van der Waals surface area (Å²) in [6.45, 7) is 4.91. The molecule has 0 radical (unpaired) electrons. The van der Waals surface area contributed by atoms with Gasteiger partial charge in [0.05, 0.1) is 0 Å². The van der Waals surface area contributed by atoms with Crippen molar-refractivity contribution in [3.05, 3.63) is 0 Å². The number of nitrogens with one attached hydrogen (secondary N) is 1. The second kappa shape index (κ2) is 6.76. The minimum atomic E-state index is 0. The lowest BCUT2D eigenvalue weighted by Crippen LogP contribution is -2.42. The van der Waals surface area contributed by atoms with Crippen molar-refractivity contribution in [2.24, 2.45) is 29.4 Å². The summed E-state index contributed by atoms with van der Waals surface area (Å²) in [6.07, 6.45) is 6.15. The molecule has 18 heavy (non-hydrogen) atoms. The first kappa shape index (κ1) is 15.8. The molecule has 2 saturated carbocycles. The van der Waals surface area contributed by atoms with Gasteiger partial charge in [-0.1, -0.05) is 26.7 Å². The Balaban J connectivity index is 0.00000162. The standard InChI is InChI=1S/C14H26N2O.ClH/c1-9(2)7-10(8-15)16-14(17)13-11-5-3-4-6-12(11)13;/h9-13H,3-8,15H2,1-2H3,(H,16,17);1H. The summed E-state index contributed by atoms with van der Waals surface area (Å²) in [5.41, 5.74) is 5.72. The van der Waals surface area contributed by atoms with Gasteiger partial charge in [0.15, 0.2) is 0 Å². The van der Waals surface area contributed by atoms with Crippen LogP contribution in [0.25, 0.3) is 0 Å². The van der Waals surface area contributed by atoms with E-state index in [1.165, 1.54) is 25.7 Å². The molecule has 0 aromatic rings. The summed E-state index contributed by atoms with van der Waals surface area (Å²) in [4.78, 5) is 12.2. The number of hydrogen-bond acceptors (Lipinski definition) is 2. The normalized spacial score (nSPS) is 31.2. The topological polar surface area (TPSA) is 55.1 Å². The predicted molar refractivity (Wildman–Crippen MR) is 76.6 cm³/mol. The van der Waals surface area contributed by atoms with Crippen molar-refractivity contribution in [3.63, 3.8) is 0 Å². The summed E-state index contributed by atoms with van der Waals surface area (Å²) in [5, 5.41) is 3.15.